The van der Waals surface area contributed by atoms with Gasteiger partial charge in [-0.25, -0.2) is 8.42 Å². The van der Waals surface area contributed by atoms with Crippen LogP contribution in [0.5, 0.6) is 0 Å². The zero-order chi connectivity index (χ0) is 15.7. The van der Waals surface area contributed by atoms with E-state index in [0.717, 1.165) is 16.7 Å². The number of sulfonamides is 1. The molecule has 1 aliphatic rings. The molecule has 2 aromatic rings. The van der Waals surface area contributed by atoms with Gasteiger partial charge in [-0.3, -0.25) is 9.52 Å². The second kappa shape index (κ2) is 5.57. The summed E-state index contributed by atoms with van der Waals surface area (Å²) in [5.74, 6) is 0.209. The highest BCUT2D eigenvalue weighted by atomic mass is 32.2. The van der Waals surface area contributed by atoms with E-state index in [0.29, 0.717) is 24.9 Å². The van der Waals surface area contributed by atoms with Crippen LogP contribution in [-0.4, -0.2) is 14.2 Å². The van der Waals surface area contributed by atoms with Gasteiger partial charge in [-0.1, -0.05) is 18.2 Å². The molecular formula is C17H17NO3S. The van der Waals surface area contributed by atoms with Crippen molar-refractivity contribution in [2.75, 3.05) is 4.72 Å². The number of carbonyl (C=O) groups is 1. The molecule has 0 bridgehead atoms. The third-order valence-corrected chi connectivity index (χ3v) is 5.20. The lowest BCUT2D eigenvalue weighted by Gasteiger charge is -2.16. The van der Waals surface area contributed by atoms with E-state index in [1.165, 1.54) is 0 Å². The summed E-state index contributed by atoms with van der Waals surface area (Å²) in [5, 5.41) is 0. The lowest BCUT2D eigenvalue weighted by molar-refractivity contribution is -0.118. The Labute approximate surface area is 130 Å². The van der Waals surface area contributed by atoms with Crippen LogP contribution in [0.4, 0.5) is 5.69 Å². The highest BCUT2D eigenvalue weighted by Gasteiger charge is 2.20. The fourth-order valence-corrected chi connectivity index (χ4v) is 3.77. The fraction of sp³-hybridized carbons (Fsp3) is 0.235. The van der Waals surface area contributed by atoms with Crippen LogP contribution in [-0.2, 0) is 27.7 Å². The maximum Gasteiger partial charge on any atom is 0.261 e. The molecule has 0 spiro atoms. The zero-order valence-corrected chi connectivity index (χ0v) is 13.1. The number of ketones is 1. The molecule has 22 heavy (non-hydrogen) atoms. The van der Waals surface area contributed by atoms with Crippen LogP contribution in [0.25, 0.3) is 0 Å². The molecule has 0 aromatic heterocycles. The van der Waals surface area contributed by atoms with E-state index in [1.54, 1.807) is 30.3 Å². The molecule has 2 aromatic carbocycles. The minimum absolute atomic E-state index is 0.209. The number of rotatable bonds is 3. The van der Waals surface area contributed by atoms with Gasteiger partial charge in [0.15, 0.2) is 0 Å². The lowest BCUT2D eigenvalue weighted by atomic mass is 9.91. The van der Waals surface area contributed by atoms with Crippen molar-refractivity contribution >= 4 is 21.5 Å². The first-order valence-electron chi connectivity index (χ1n) is 7.17. The molecular weight excluding hydrogens is 298 g/mol. The Morgan fingerprint density at radius 3 is 2.59 bits per heavy atom. The third-order valence-electron chi connectivity index (χ3n) is 3.82. The highest BCUT2D eigenvalue weighted by Crippen LogP contribution is 2.24. The van der Waals surface area contributed by atoms with Crippen molar-refractivity contribution in [1.29, 1.82) is 0 Å². The molecule has 0 fully saturated rings. The molecule has 0 radical (unpaired) electrons. The van der Waals surface area contributed by atoms with E-state index in [-0.39, 0.29) is 10.7 Å². The molecule has 1 aliphatic carbocycles. The second-order valence-electron chi connectivity index (χ2n) is 5.62. The average Bonchev–Trinajstić information content (AvgIpc) is 2.46. The number of carbonyl (C=O) groups excluding carboxylic acids is 1. The van der Waals surface area contributed by atoms with Crippen molar-refractivity contribution in [3.8, 4) is 0 Å². The standard InChI is InChI=1S/C17H17NO3S/c1-12-3-2-4-15(9-12)18-22(20,21)17-8-6-13-10-16(19)7-5-14(13)11-17/h2-4,6,8-9,11,18H,5,7,10H2,1H3. The van der Waals surface area contributed by atoms with E-state index in [1.807, 2.05) is 19.1 Å². The van der Waals surface area contributed by atoms with Crippen molar-refractivity contribution in [2.45, 2.75) is 31.1 Å². The molecule has 1 N–H and O–H groups in total. The van der Waals surface area contributed by atoms with Gasteiger partial charge in [0.05, 0.1) is 4.90 Å². The summed E-state index contributed by atoms with van der Waals surface area (Å²) in [4.78, 5) is 11.7. The second-order valence-corrected chi connectivity index (χ2v) is 7.30. The summed E-state index contributed by atoms with van der Waals surface area (Å²) in [5.41, 5.74) is 3.43. The Morgan fingerprint density at radius 1 is 1.00 bits per heavy atom. The van der Waals surface area contributed by atoms with Gasteiger partial charge in [0.25, 0.3) is 10.0 Å². The Kier molecular flexibility index (Phi) is 3.74. The largest absolute Gasteiger partial charge is 0.299 e. The summed E-state index contributed by atoms with van der Waals surface area (Å²) >= 11 is 0. The quantitative estimate of drug-likeness (QED) is 0.947. The fourth-order valence-electron chi connectivity index (χ4n) is 2.67. The Balaban J connectivity index is 1.91. The molecule has 0 aliphatic heterocycles. The first kappa shape index (κ1) is 14.8. The molecule has 4 nitrogen and oxygen atoms in total. The number of hydrogen-bond acceptors (Lipinski definition) is 3. The SMILES string of the molecule is Cc1cccc(NS(=O)(=O)c2ccc3c(c2)CCC(=O)C3)c1. The van der Waals surface area contributed by atoms with Gasteiger partial charge in [0.2, 0.25) is 0 Å². The summed E-state index contributed by atoms with van der Waals surface area (Å²) in [6, 6.07) is 12.2. The topological polar surface area (TPSA) is 63.2 Å². The number of Topliss-reactive ketones (excluding diaryl/α,β-unsaturated/α-hetero) is 1. The van der Waals surface area contributed by atoms with Crippen molar-refractivity contribution < 1.29 is 13.2 Å². The predicted molar refractivity (Wildman–Crippen MR) is 85.5 cm³/mol. The van der Waals surface area contributed by atoms with Crippen molar-refractivity contribution in [3.63, 3.8) is 0 Å². The average molecular weight is 315 g/mol. The number of nitrogens with one attached hydrogen (secondary N) is 1. The summed E-state index contributed by atoms with van der Waals surface area (Å²) < 4.78 is 27.6. The van der Waals surface area contributed by atoms with Gasteiger partial charge in [-0.15, -0.1) is 0 Å². The Bertz CT molecular complexity index is 841. The smallest absolute Gasteiger partial charge is 0.261 e. The van der Waals surface area contributed by atoms with E-state index in [9.17, 15) is 13.2 Å². The van der Waals surface area contributed by atoms with Crippen molar-refractivity contribution in [2.24, 2.45) is 0 Å². The molecule has 0 saturated carbocycles. The first-order valence-corrected chi connectivity index (χ1v) is 8.65. The number of hydrogen-bond donors (Lipinski definition) is 1. The summed E-state index contributed by atoms with van der Waals surface area (Å²) in [7, 11) is -3.61. The van der Waals surface area contributed by atoms with E-state index < -0.39 is 10.0 Å². The van der Waals surface area contributed by atoms with Crippen LogP contribution in [0.2, 0.25) is 0 Å². The van der Waals surface area contributed by atoms with Gasteiger partial charge >= 0.3 is 0 Å². The van der Waals surface area contributed by atoms with Gasteiger partial charge in [-0.05, 0) is 54.3 Å². The molecule has 0 saturated heterocycles. The van der Waals surface area contributed by atoms with Gasteiger partial charge in [-0.2, -0.15) is 0 Å². The van der Waals surface area contributed by atoms with E-state index in [4.69, 9.17) is 0 Å². The minimum Gasteiger partial charge on any atom is -0.299 e. The maximum atomic E-state index is 12.5. The lowest BCUT2D eigenvalue weighted by Crippen LogP contribution is -2.16. The van der Waals surface area contributed by atoms with Crippen LogP contribution in [0.3, 0.4) is 0 Å². The number of benzene rings is 2. The summed E-state index contributed by atoms with van der Waals surface area (Å²) in [6.07, 6.45) is 1.50. The Morgan fingerprint density at radius 2 is 1.82 bits per heavy atom. The molecule has 0 heterocycles. The van der Waals surface area contributed by atoms with Crippen LogP contribution < -0.4 is 4.72 Å². The predicted octanol–water partition coefficient (Wildman–Crippen LogP) is 2.85. The van der Waals surface area contributed by atoms with Crippen LogP contribution in [0.15, 0.2) is 47.4 Å². The maximum absolute atomic E-state index is 12.5. The first-order chi connectivity index (χ1) is 10.4. The molecule has 0 atom stereocenters. The number of anilines is 1. The molecule has 114 valence electrons. The number of aryl methyl sites for hydroxylation is 2. The minimum atomic E-state index is -3.61. The van der Waals surface area contributed by atoms with Crippen LogP contribution in [0.1, 0.15) is 23.1 Å². The molecule has 0 unspecified atom stereocenters. The molecule has 0 amide bonds. The van der Waals surface area contributed by atoms with Gasteiger partial charge < -0.3 is 0 Å². The summed E-state index contributed by atoms with van der Waals surface area (Å²) in [6.45, 7) is 1.91. The molecule has 3 rings (SSSR count). The molecule has 5 heteroatoms. The van der Waals surface area contributed by atoms with E-state index in [2.05, 4.69) is 4.72 Å². The Hall–Kier alpha value is -2.14. The van der Waals surface area contributed by atoms with Crippen molar-refractivity contribution in [3.05, 3.63) is 59.2 Å². The van der Waals surface area contributed by atoms with Gasteiger partial charge in [0, 0.05) is 18.5 Å². The zero-order valence-electron chi connectivity index (χ0n) is 12.3. The number of fused-ring (bicyclic) bond motifs is 1. The van der Waals surface area contributed by atoms with Crippen LogP contribution >= 0.6 is 0 Å². The van der Waals surface area contributed by atoms with Crippen LogP contribution in [0, 0.1) is 6.92 Å². The third kappa shape index (κ3) is 3.04. The monoisotopic (exact) mass is 315 g/mol. The van der Waals surface area contributed by atoms with Crippen molar-refractivity contribution in [1.82, 2.24) is 0 Å². The van der Waals surface area contributed by atoms with E-state index >= 15 is 0 Å². The van der Waals surface area contributed by atoms with Gasteiger partial charge in [0.1, 0.15) is 5.78 Å². The normalized spacial score (nSPS) is 14.5. The highest BCUT2D eigenvalue weighted by molar-refractivity contribution is 7.92.